The lowest BCUT2D eigenvalue weighted by Gasteiger charge is -2.20. The Morgan fingerprint density at radius 2 is 1.97 bits per heavy atom. The van der Waals surface area contributed by atoms with E-state index in [0.717, 1.165) is 33.8 Å². The van der Waals surface area contributed by atoms with E-state index in [1.54, 1.807) is 13.1 Å². The van der Waals surface area contributed by atoms with Gasteiger partial charge in [-0.1, -0.05) is 49.9 Å². The van der Waals surface area contributed by atoms with Crippen molar-refractivity contribution in [2.75, 3.05) is 25.7 Å². The summed E-state index contributed by atoms with van der Waals surface area (Å²) in [4.78, 5) is 18.6. The fraction of sp³-hybridized carbons (Fsp3) is 0.333. The van der Waals surface area contributed by atoms with E-state index in [-0.39, 0.29) is 5.92 Å². The van der Waals surface area contributed by atoms with E-state index < -0.39 is 6.09 Å². The molecule has 0 bridgehead atoms. The van der Waals surface area contributed by atoms with Crippen LogP contribution in [0.25, 0.3) is 0 Å². The topological polar surface area (TPSA) is 60.4 Å². The van der Waals surface area contributed by atoms with E-state index >= 15 is 0 Å². The summed E-state index contributed by atoms with van der Waals surface area (Å²) in [5, 5.41) is 4.26. The molecular formula is C24H30N2O4. The number of carbonyl (C=O) groups is 1. The number of ether oxygens (including phenoxy) is 2. The number of carbonyl (C=O) groups excluding carboxylic acids is 1. The summed E-state index contributed by atoms with van der Waals surface area (Å²) in [5.74, 6) is 0.978. The number of oxime groups is 1. The van der Waals surface area contributed by atoms with Gasteiger partial charge in [0.1, 0.15) is 19.0 Å². The van der Waals surface area contributed by atoms with Crippen molar-refractivity contribution >= 4 is 17.5 Å². The maximum absolute atomic E-state index is 11.9. The third-order valence-electron chi connectivity index (χ3n) is 4.56. The molecule has 0 saturated carbocycles. The Hall–Kier alpha value is -3.28. The number of rotatable bonds is 9. The van der Waals surface area contributed by atoms with Crippen LogP contribution < -0.4 is 9.64 Å². The first kappa shape index (κ1) is 23.0. The van der Waals surface area contributed by atoms with Crippen LogP contribution in [0.15, 0.2) is 60.3 Å². The molecule has 0 spiro atoms. The number of anilines is 1. The van der Waals surface area contributed by atoms with Crippen molar-refractivity contribution in [3.8, 4) is 5.75 Å². The Labute approximate surface area is 178 Å². The molecule has 0 fully saturated rings. The summed E-state index contributed by atoms with van der Waals surface area (Å²) in [6.45, 7) is 10.5. The third kappa shape index (κ3) is 5.86. The molecule has 6 nitrogen and oxygen atoms in total. The van der Waals surface area contributed by atoms with Crippen molar-refractivity contribution in [2.24, 2.45) is 11.1 Å². The molecule has 0 aliphatic rings. The molecule has 30 heavy (non-hydrogen) atoms. The molecule has 0 unspecified atom stereocenters. The fourth-order valence-electron chi connectivity index (χ4n) is 2.97. The second-order valence-electron chi connectivity index (χ2n) is 7.14. The molecular weight excluding hydrogens is 380 g/mol. The minimum atomic E-state index is -0.429. The van der Waals surface area contributed by atoms with Crippen LogP contribution in [0, 0.1) is 12.8 Å². The van der Waals surface area contributed by atoms with Crippen LogP contribution in [0.5, 0.6) is 5.75 Å². The Bertz CT molecular complexity index is 906. The highest BCUT2D eigenvalue weighted by Gasteiger charge is 2.16. The lowest BCUT2D eigenvalue weighted by atomic mass is 9.98. The predicted octanol–water partition coefficient (Wildman–Crippen LogP) is 5.34. The zero-order valence-electron chi connectivity index (χ0n) is 18.3. The van der Waals surface area contributed by atoms with Gasteiger partial charge in [-0.15, -0.1) is 0 Å². The van der Waals surface area contributed by atoms with E-state index in [9.17, 15) is 4.79 Å². The summed E-state index contributed by atoms with van der Waals surface area (Å²) in [7, 11) is 3.03. The van der Waals surface area contributed by atoms with Crippen LogP contribution in [-0.2, 0) is 16.2 Å². The molecule has 0 N–H and O–H groups in total. The van der Waals surface area contributed by atoms with Crippen molar-refractivity contribution in [3.63, 3.8) is 0 Å². The summed E-state index contributed by atoms with van der Waals surface area (Å²) in [5.41, 5.74) is 4.48. The lowest BCUT2D eigenvalue weighted by Crippen LogP contribution is -2.27. The maximum Gasteiger partial charge on any atom is 0.413 e. The van der Waals surface area contributed by atoms with E-state index in [0.29, 0.717) is 13.2 Å². The smallest absolute Gasteiger partial charge is 0.413 e. The first-order valence-electron chi connectivity index (χ1n) is 9.83. The molecule has 0 heterocycles. The van der Waals surface area contributed by atoms with Gasteiger partial charge in [-0.25, -0.2) is 4.79 Å². The molecule has 0 aliphatic heterocycles. The van der Waals surface area contributed by atoms with Crippen molar-refractivity contribution in [1.29, 1.82) is 0 Å². The van der Waals surface area contributed by atoms with Gasteiger partial charge in [-0.2, -0.15) is 0 Å². The first-order chi connectivity index (χ1) is 14.4. The summed E-state index contributed by atoms with van der Waals surface area (Å²) in [6, 6.07) is 13.5. The number of hydrogen-bond acceptors (Lipinski definition) is 5. The molecule has 2 aromatic carbocycles. The Morgan fingerprint density at radius 1 is 1.23 bits per heavy atom. The minimum Gasteiger partial charge on any atom is -0.489 e. The first-order valence-corrected chi connectivity index (χ1v) is 9.83. The van der Waals surface area contributed by atoms with Crippen molar-refractivity contribution in [3.05, 3.63) is 71.8 Å². The number of nitrogens with zero attached hydrogens (tertiary/aromatic N) is 2. The molecule has 160 valence electrons. The molecule has 0 aromatic heterocycles. The highest BCUT2D eigenvalue weighted by atomic mass is 16.6. The average Bonchev–Trinajstić information content (AvgIpc) is 2.74. The monoisotopic (exact) mass is 410 g/mol. The van der Waals surface area contributed by atoms with Crippen LogP contribution in [0.1, 0.15) is 30.5 Å². The van der Waals surface area contributed by atoms with Crippen molar-refractivity contribution < 1.29 is 19.1 Å². The fourth-order valence-corrected chi connectivity index (χ4v) is 2.97. The summed E-state index contributed by atoms with van der Waals surface area (Å²) < 4.78 is 10.9. The molecule has 0 radical (unpaired) electrons. The lowest BCUT2D eigenvalue weighted by molar-refractivity contribution is 0.173. The zero-order valence-corrected chi connectivity index (χ0v) is 18.3. The quantitative estimate of drug-likeness (QED) is 0.242. The molecule has 0 aliphatic carbocycles. The zero-order chi connectivity index (χ0) is 22.1. The number of amides is 1. The maximum atomic E-state index is 11.9. The Balaban J connectivity index is 2.19. The predicted molar refractivity (Wildman–Crippen MR) is 120 cm³/mol. The average molecular weight is 411 g/mol. The van der Waals surface area contributed by atoms with Gasteiger partial charge in [0, 0.05) is 18.2 Å². The van der Waals surface area contributed by atoms with E-state index in [2.05, 4.69) is 25.6 Å². The molecule has 0 saturated heterocycles. The minimum absolute atomic E-state index is 0.210. The second-order valence-corrected chi connectivity index (χ2v) is 7.14. The van der Waals surface area contributed by atoms with Gasteiger partial charge < -0.3 is 14.3 Å². The SMILES string of the molecule is C=CCON=C(c1ccc(OCc2ccccc2N(C)C(=O)OC)c(C)c1)C(C)C. The highest BCUT2D eigenvalue weighted by Crippen LogP contribution is 2.25. The van der Waals surface area contributed by atoms with E-state index in [1.165, 1.54) is 12.0 Å². The number of hydrogen-bond donors (Lipinski definition) is 0. The van der Waals surface area contributed by atoms with Crippen LogP contribution in [0.3, 0.4) is 0 Å². The summed E-state index contributed by atoms with van der Waals surface area (Å²) >= 11 is 0. The molecule has 6 heteroatoms. The normalized spacial score (nSPS) is 11.2. The van der Waals surface area contributed by atoms with Crippen LogP contribution in [0.4, 0.5) is 10.5 Å². The van der Waals surface area contributed by atoms with Gasteiger partial charge in [0.05, 0.1) is 18.5 Å². The molecule has 2 aromatic rings. The van der Waals surface area contributed by atoms with Gasteiger partial charge in [0.25, 0.3) is 0 Å². The standard InChI is InChI=1S/C24H30N2O4/c1-7-14-30-25-23(17(2)3)19-12-13-22(18(4)15-19)29-16-20-10-8-9-11-21(20)26(5)24(27)28-6/h7-13,15,17H,1,14,16H2,2-6H3. The Kier molecular flexibility index (Phi) is 8.47. The van der Waals surface area contributed by atoms with Gasteiger partial charge in [0.2, 0.25) is 0 Å². The number of para-hydroxylation sites is 1. The number of benzene rings is 2. The Morgan fingerprint density at radius 3 is 2.60 bits per heavy atom. The van der Waals surface area contributed by atoms with Crippen LogP contribution in [0.2, 0.25) is 0 Å². The summed E-state index contributed by atoms with van der Waals surface area (Å²) in [6.07, 6.45) is 1.24. The van der Waals surface area contributed by atoms with Gasteiger partial charge >= 0.3 is 6.09 Å². The largest absolute Gasteiger partial charge is 0.489 e. The number of aryl methyl sites for hydroxylation is 1. The number of methoxy groups -OCH3 is 1. The van der Waals surface area contributed by atoms with Crippen molar-refractivity contribution in [1.82, 2.24) is 0 Å². The second kappa shape index (κ2) is 11.0. The van der Waals surface area contributed by atoms with Crippen LogP contribution >= 0.6 is 0 Å². The van der Waals surface area contributed by atoms with Gasteiger partial charge in [0.15, 0.2) is 0 Å². The highest BCUT2D eigenvalue weighted by molar-refractivity contribution is 6.01. The van der Waals surface area contributed by atoms with Gasteiger partial charge in [-0.3, -0.25) is 4.90 Å². The van der Waals surface area contributed by atoms with Crippen molar-refractivity contribution in [2.45, 2.75) is 27.4 Å². The van der Waals surface area contributed by atoms with Crippen LogP contribution in [-0.4, -0.2) is 32.6 Å². The van der Waals surface area contributed by atoms with E-state index in [1.807, 2.05) is 49.4 Å². The van der Waals surface area contributed by atoms with Gasteiger partial charge in [-0.05, 0) is 42.7 Å². The molecule has 1 amide bonds. The molecule has 0 atom stereocenters. The van der Waals surface area contributed by atoms with E-state index in [4.69, 9.17) is 14.3 Å². The third-order valence-corrected chi connectivity index (χ3v) is 4.56. The molecule has 2 rings (SSSR count).